The largest absolute Gasteiger partial charge is 0.481 e. The highest BCUT2D eigenvalue weighted by molar-refractivity contribution is 5.87. The van der Waals surface area contributed by atoms with Gasteiger partial charge < -0.3 is 20.7 Å². The molecule has 1 unspecified atom stereocenters. The molecule has 6 nitrogen and oxygen atoms in total. The number of benzene rings is 1. The van der Waals surface area contributed by atoms with Crippen LogP contribution in [0.25, 0.3) is 10.9 Å². The fourth-order valence-corrected chi connectivity index (χ4v) is 3.68. The Hall–Kier alpha value is -2.50. The smallest absolute Gasteiger partial charge is 0.315 e. The second-order valence-corrected chi connectivity index (χ2v) is 5.72. The van der Waals surface area contributed by atoms with Crippen molar-refractivity contribution in [2.75, 3.05) is 6.54 Å². The van der Waals surface area contributed by atoms with Crippen LogP contribution >= 0.6 is 0 Å². The van der Waals surface area contributed by atoms with Gasteiger partial charge in [0.25, 0.3) is 0 Å². The predicted octanol–water partition coefficient (Wildman–Crippen LogP) is 2.18. The Morgan fingerprint density at radius 3 is 2.77 bits per heavy atom. The molecule has 0 aliphatic carbocycles. The molecule has 0 fully saturated rings. The summed E-state index contributed by atoms with van der Waals surface area (Å²) >= 11 is 0. The van der Waals surface area contributed by atoms with Crippen LogP contribution in [-0.2, 0) is 16.8 Å². The lowest BCUT2D eigenvalue weighted by atomic mass is 9.80. The van der Waals surface area contributed by atoms with Gasteiger partial charge in [-0.15, -0.1) is 0 Å². The highest BCUT2D eigenvalue weighted by Gasteiger charge is 2.46. The number of aliphatic carboxylic acids is 1. The molecule has 6 heteroatoms. The summed E-state index contributed by atoms with van der Waals surface area (Å²) in [5.74, 6) is -0.945. The number of rotatable bonds is 3. The number of nitrogens with one attached hydrogen (secondary N) is 1. The quantitative estimate of drug-likeness (QED) is 0.810. The summed E-state index contributed by atoms with van der Waals surface area (Å²) in [6.07, 6.45) is 0.998. The van der Waals surface area contributed by atoms with E-state index in [-0.39, 0.29) is 6.42 Å². The number of carbonyl (C=O) groups excluding carboxylic acids is 1. The summed E-state index contributed by atoms with van der Waals surface area (Å²) in [7, 11) is 0. The van der Waals surface area contributed by atoms with E-state index < -0.39 is 17.5 Å². The fraction of sp³-hybridized carbons (Fsp3) is 0.375. The molecule has 1 aliphatic heterocycles. The van der Waals surface area contributed by atoms with Crippen LogP contribution in [0.3, 0.4) is 0 Å². The first-order chi connectivity index (χ1) is 10.5. The third-order valence-corrected chi connectivity index (χ3v) is 4.68. The molecule has 2 heterocycles. The summed E-state index contributed by atoms with van der Waals surface area (Å²) in [6.45, 7) is 2.32. The Morgan fingerprint density at radius 2 is 2.14 bits per heavy atom. The van der Waals surface area contributed by atoms with Crippen LogP contribution in [0.1, 0.15) is 31.0 Å². The fourth-order valence-electron chi connectivity index (χ4n) is 3.68. The molecule has 1 aromatic carbocycles. The lowest BCUT2D eigenvalue weighted by molar-refractivity contribution is -0.140. The van der Waals surface area contributed by atoms with Gasteiger partial charge in [0.05, 0.1) is 12.0 Å². The third-order valence-electron chi connectivity index (χ3n) is 4.68. The van der Waals surface area contributed by atoms with E-state index in [2.05, 4.69) is 4.98 Å². The number of para-hydroxylation sites is 1. The molecular weight excluding hydrogens is 282 g/mol. The Bertz CT molecular complexity index is 752. The highest BCUT2D eigenvalue weighted by Crippen LogP contribution is 2.43. The van der Waals surface area contributed by atoms with E-state index in [0.29, 0.717) is 19.4 Å². The number of nitrogens with two attached hydrogens (primary N) is 1. The lowest BCUT2D eigenvalue weighted by Gasteiger charge is -2.45. The van der Waals surface area contributed by atoms with Gasteiger partial charge in [-0.05, 0) is 24.5 Å². The number of carboxylic acid groups (broad SMARTS) is 1. The first kappa shape index (κ1) is 14.4. The molecule has 0 spiro atoms. The van der Waals surface area contributed by atoms with Crippen molar-refractivity contribution >= 4 is 22.9 Å². The second kappa shape index (κ2) is 5.05. The van der Waals surface area contributed by atoms with Crippen LogP contribution in [0.4, 0.5) is 4.79 Å². The number of aromatic amines is 1. The molecule has 0 saturated carbocycles. The molecule has 4 N–H and O–H groups in total. The maximum atomic E-state index is 11.9. The number of nitrogens with zero attached hydrogens (tertiary/aromatic N) is 1. The molecule has 1 atom stereocenters. The van der Waals surface area contributed by atoms with Crippen LogP contribution in [0.15, 0.2) is 24.3 Å². The number of aromatic nitrogens is 1. The average Bonchev–Trinajstić information content (AvgIpc) is 2.86. The molecule has 116 valence electrons. The molecular formula is C16H19N3O3. The number of carboxylic acids is 1. The van der Waals surface area contributed by atoms with Gasteiger partial charge in [0.1, 0.15) is 0 Å². The van der Waals surface area contributed by atoms with Gasteiger partial charge in [0, 0.05) is 23.1 Å². The molecule has 22 heavy (non-hydrogen) atoms. The maximum absolute atomic E-state index is 11.9. The number of urea groups is 1. The zero-order chi connectivity index (χ0) is 15.9. The highest BCUT2D eigenvalue weighted by atomic mass is 16.4. The number of hydrogen-bond donors (Lipinski definition) is 3. The van der Waals surface area contributed by atoms with E-state index in [9.17, 15) is 14.7 Å². The monoisotopic (exact) mass is 301 g/mol. The molecule has 2 amide bonds. The Labute approximate surface area is 127 Å². The van der Waals surface area contributed by atoms with Crippen LogP contribution in [0, 0.1) is 0 Å². The van der Waals surface area contributed by atoms with Crippen LogP contribution in [-0.4, -0.2) is 33.5 Å². The van der Waals surface area contributed by atoms with E-state index in [0.717, 1.165) is 22.2 Å². The minimum atomic E-state index is -0.945. The number of carbonyl (C=O) groups is 2. The zero-order valence-corrected chi connectivity index (χ0v) is 12.4. The number of fused-ring (bicyclic) bond motifs is 3. The first-order valence-corrected chi connectivity index (χ1v) is 7.38. The molecule has 3 rings (SSSR count). The molecule has 0 bridgehead atoms. The molecule has 0 saturated heterocycles. The van der Waals surface area contributed by atoms with E-state index in [4.69, 9.17) is 5.73 Å². The van der Waals surface area contributed by atoms with Crippen LogP contribution in [0.2, 0.25) is 0 Å². The van der Waals surface area contributed by atoms with Crippen LogP contribution < -0.4 is 5.73 Å². The van der Waals surface area contributed by atoms with Crippen molar-refractivity contribution in [2.45, 2.75) is 31.7 Å². The van der Waals surface area contributed by atoms with Gasteiger partial charge in [-0.2, -0.15) is 0 Å². The summed E-state index contributed by atoms with van der Waals surface area (Å²) < 4.78 is 0. The Morgan fingerprint density at radius 1 is 1.41 bits per heavy atom. The van der Waals surface area contributed by atoms with E-state index in [1.165, 1.54) is 4.90 Å². The average molecular weight is 301 g/mol. The van der Waals surface area contributed by atoms with Crippen molar-refractivity contribution in [1.29, 1.82) is 0 Å². The van der Waals surface area contributed by atoms with Gasteiger partial charge in [-0.25, -0.2) is 4.79 Å². The topological polar surface area (TPSA) is 99.4 Å². The van der Waals surface area contributed by atoms with Crippen molar-refractivity contribution in [3.63, 3.8) is 0 Å². The normalized spacial score (nSPS) is 20.9. The lowest BCUT2D eigenvalue weighted by Crippen LogP contribution is -2.56. The summed E-state index contributed by atoms with van der Waals surface area (Å²) in [5, 5.41) is 10.5. The Kier molecular flexibility index (Phi) is 3.31. The van der Waals surface area contributed by atoms with E-state index in [1.807, 2.05) is 31.2 Å². The van der Waals surface area contributed by atoms with Gasteiger partial charge in [-0.1, -0.05) is 25.1 Å². The Balaban J connectivity index is 2.27. The van der Waals surface area contributed by atoms with Crippen molar-refractivity contribution in [3.8, 4) is 0 Å². The summed E-state index contributed by atoms with van der Waals surface area (Å²) in [5.41, 5.74) is 7.48. The SMILES string of the molecule is CCC1(CC(=O)O)c2[nH]c3ccccc3c2CCN1C(N)=O. The number of H-pyrrole nitrogens is 1. The third kappa shape index (κ3) is 1.94. The first-order valence-electron chi connectivity index (χ1n) is 7.38. The van der Waals surface area contributed by atoms with Gasteiger partial charge >= 0.3 is 12.0 Å². The van der Waals surface area contributed by atoms with Crippen molar-refractivity contribution in [1.82, 2.24) is 9.88 Å². The minimum Gasteiger partial charge on any atom is -0.481 e. The predicted molar refractivity (Wildman–Crippen MR) is 82.5 cm³/mol. The maximum Gasteiger partial charge on any atom is 0.315 e. The molecule has 1 aromatic heterocycles. The van der Waals surface area contributed by atoms with Crippen LogP contribution in [0.5, 0.6) is 0 Å². The molecule has 2 aromatic rings. The van der Waals surface area contributed by atoms with Gasteiger partial charge in [-0.3, -0.25) is 4.79 Å². The van der Waals surface area contributed by atoms with Gasteiger partial charge in [0.2, 0.25) is 0 Å². The molecule has 0 radical (unpaired) electrons. The molecule has 1 aliphatic rings. The number of hydrogen-bond acceptors (Lipinski definition) is 2. The van der Waals surface area contributed by atoms with E-state index in [1.54, 1.807) is 0 Å². The van der Waals surface area contributed by atoms with Crippen molar-refractivity contribution in [2.24, 2.45) is 5.73 Å². The summed E-state index contributed by atoms with van der Waals surface area (Å²) in [4.78, 5) is 28.1. The number of amides is 2. The standard InChI is InChI=1S/C16H19N3O3/c1-2-16(9-13(20)21)14-11(7-8-19(16)15(17)22)10-5-3-4-6-12(10)18-14/h3-6,18H,2,7-9H2,1H3,(H2,17,22)(H,20,21). The summed E-state index contributed by atoms with van der Waals surface area (Å²) in [6, 6.07) is 7.30. The van der Waals surface area contributed by atoms with Crippen molar-refractivity contribution in [3.05, 3.63) is 35.5 Å². The number of primary amides is 1. The van der Waals surface area contributed by atoms with Gasteiger partial charge in [0.15, 0.2) is 0 Å². The minimum absolute atomic E-state index is 0.160. The zero-order valence-electron chi connectivity index (χ0n) is 12.4. The van der Waals surface area contributed by atoms with Crippen molar-refractivity contribution < 1.29 is 14.7 Å². The second-order valence-electron chi connectivity index (χ2n) is 5.72. The van der Waals surface area contributed by atoms with E-state index >= 15 is 0 Å².